The van der Waals surface area contributed by atoms with Gasteiger partial charge in [0.05, 0.1) is 11.6 Å². The fourth-order valence-electron chi connectivity index (χ4n) is 4.31. The molecule has 0 aromatic heterocycles. The summed E-state index contributed by atoms with van der Waals surface area (Å²) in [7, 11) is 0. The number of hydrogen-bond donors (Lipinski definition) is 0. The van der Waals surface area contributed by atoms with Gasteiger partial charge in [-0.2, -0.15) is 0 Å². The lowest BCUT2D eigenvalue weighted by Gasteiger charge is -2.37. The first kappa shape index (κ1) is 19.4. The van der Waals surface area contributed by atoms with E-state index in [1.165, 1.54) is 6.07 Å². The molecule has 0 saturated carbocycles. The molecule has 152 valence electrons. The van der Waals surface area contributed by atoms with Gasteiger partial charge in [-0.3, -0.25) is 9.59 Å². The molecule has 2 aromatic carbocycles. The molecule has 2 aromatic rings. The average Bonchev–Trinajstić information content (AvgIpc) is 3.15. The van der Waals surface area contributed by atoms with E-state index >= 15 is 0 Å². The highest BCUT2D eigenvalue weighted by molar-refractivity contribution is 6.00. The second-order valence-electron chi connectivity index (χ2n) is 7.65. The Kier molecular flexibility index (Phi) is 5.51. The Hall–Kier alpha value is -2.89. The standard InChI is InChI=1S/C23H26FN3O2/c1-2-17-7-3-5-9-20(17)27-16-18(15-22(27)28)23(29)26-13-11-25(12-14-26)21-10-6-4-8-19(21)24/h3-10,18H,2,11-16H2,1H3. The van der Waals surface area contributed by atoms with Crippen molar-refractivity contribution >= 4 is 23.2 Å². The summed E-state index contributed by atoms with van der Waals surface area (Å²) in [5.41, 5.74) is 2.62. The van der Waals surface area contributed by atoms with Crippen LogP contribution in [0.1, 0.15) is 18.9 Å². The number of halogens is 1. The molecule has 5 nitrogen and oxygen atoms in total. The van der Waals surface area contributed by atoms with Gasteiger partial charge in [-0.25, -0.2) is 4.39 Å². The molecule has 2 amide bonds. The van der Waals surface area contributed by atoms with E-state index in [4.69, 9.17) is 0 Å². The molecular weight excluding hydrogens is 369 g/mol. The van der Waals surface area contributed by atoms with Crippen LogP contribution in [0, 0.1) is 11.7 Å². The zero-order valence-corrected chi connectivity index (χ0v) is 16.7. The summed E-state index contributed by atoms with van der Waals surface area (Å²) in [5, 5.41) is 0. The number of nitrogens with zero attached hydrogens (tertiary/aromatic N) is 3. The van der Waals surface area contributed by atoms with Crippen molar-refractivity contribution in [2.75, 3.05) is 42.5 Å². The van der Waals surface area contributed by atoms with Crippen molar-refractivity contribution in [2.45, 2.75) is 19.8 Å². The molecule has 2 heterocycles. The third-order valence-corrected chi connectivity index (χ3v) is 5.92. The van der Waals surface area contributed by atoms with Gasteiger partial charge in [0, 0.05) is 44.8 Å². The molecule has 1 unspecified atom stereocenters. The Balaban J connectivity index is 1.40. The zero-order chi connectivity index (χ0) is 20.4. The molecule has 2 aliphatic rings. The third kappa shape index (κ3) is 3.84. The second-order valence-corrected chi connectivity index (χ2v) is 7.65. The lowest BCUT2D eigenvalue weighted by Crippen LogP contribution is -2.51. The minimum atomic E-state index is -0.313. The van der Waals surface area contributed by atoms with E-state index < -0.39 is 0 Å². The van der Waals surface area contributed by atoms with Crippen LogP contribution in [0.5, 0.6) is 0 Å². The first-order valence-corrected chi connectivity index (χ1v) is 10.2. The summed E-state index contributed by atoms with van der Waals surface area (Å²) in [5.74, 6) is -0.511. The maximum absolute atomic E-state index is 14.0. The van der Waals surface area contributed by atoms with Gasteiger partial charge in [0.1, 0.15) is 5.82 Å². The molecule has 0 aliphatic carbocycles. The summed E-state index contributed by atoms with van der Waals surface area (Å²) >= 11 is 0. The Morgan fingerprint density at radius 3 is 2.34 bits per heavy atom. The van der Waals surface area contributed by atoms with E-state index in [-0.39, 0.29) is 30.0 Å². The SMILES string of the molecule is CCc1ccccc1N1CC(C(=O)N2CCN(c3ccccc3F)CC2)CC1=O. The Bertz CT molecular complexity index is 909. The minimum absolute atomic E-state index is 0.00856. The quantitative estimate of drug-likeness (QED) is 0.799. The number of amides is 2. The predicted octanol–water partition coefficient (Wildman–Crippen LogP) is 3.09. The molecule has 4 rings (SSSR count). The van der Waals surface area contributed by atoms with E-state index in [9.17, 15) is 14.0 Å². The lowest BCUT2D eigenvalue weighted by molar-refractivity contribution is -0.136. The Morgan fingerprint density at radius 1 is 1.00 bits per heavy atom. The Labute approximate surface area is 170 Å². The van der Waals surface area contributed by atoms with E-state index in [1.807, 2.05) is 40.1 Å². The number of benzene rings is 2. The highest BCUT2D eigenvalue weighted by Gasteiger charge is 2.38. The van der Waals surface area contributed by atoms with Crippen molar-refractivity contribution in [2.24, 2.45) is 5.92 Å². The molecule has 2 aliphatic heterocycles. The molecular formula is C23H26FN3O2. The Morgan fingerprint density at radius 2 is 1.66 bits per heavy atom. The maximum atomic E-state index is 14.0. The van der Waals surface area contributed by atoms with Crippen LogP contribution in [0.4, 0.5) is 15.8 Å². The van der Waals surface area contributed by atoms with Crippen molar-refractivity contribution in [1.82, 2.24) is 4.90 Å². The predicted molar refractivity (Wildman–Crippen MR) is 111 cm³/mol. The first-order chi connectivity index (χ1) is 14.1. The number of piperazine rings is 1. The molecule has 6 heteroatoms. The van der Waals surface area contributed by atoms with E-state index in [1.54, 1.807) is 17.0 Å². The summed E-state index contributed by atoms with van der Waals surface area (Å²) in [6.45, 7) is 4.78. The van der Waals surface area contributed by atoms with Crippen LogP contribution >= 0.6 is 0 Å². The van der Waals surface area contributed by atoms with Crippen LogP contribution in [0.15, 0.2) is 48.5 Å². The molecule has 0 bridgehead atoms. The first-order valence-electron chi connectivity index (χ1n) is 10.2. The van der Waals surface area contributed by atoms with Crippen molar-refractivity contribution in [3.63, 3.8) is 0 Å². The van der Waals surface area contributed by atoms with Gasteiger partial charge in [0.25, 0.3) is 0 Å². The molecule has 29 heavy (non-hydrogen) atoms. The summed E-state index contributed by atoms with van der Waals surface area (Å²) in [6, 6.07) is 14.6. The second kappa shape index (κ2) is 8.23. The number of anilines is 2. The summed E-state index contributed by atoms with van der Waals surface area (Å²) in [6.07, 6.45) is 1.10. The molecule has 0 radical (unpaired) electrons. The normalized spacial score (nSPS) is 19.7. The van der Waals surface area contributed by atoms with Gasteiger partial charge in [-0.1, -0.05) is 37.3 Å². The van der Waals surface area contributed by atoms with Crippen LogP contribution in [0.25, 0.3) is 0 Å². The van der Waals surface area contributed by atoms with Gasteiger partial charge in [-0.15, -0.1) is 0 Å². The van der Waals surface area contributed by atoms with Gasteiger partial charge >= 0.3 is 0 Å². The van der Waals surface area contributed by atoms with E-state index in [0.29, 0.717) is 38.4 Å². The largest absolute Gasteiger partial charge is 0.366 e. The van der Waals surface area contributed by atoms with Crippen LogP contribution in [0.3, 0.4) is 0 Å². The average molecular weight is 395 g/mol. The topological polar surface area (TPSA) is 43.9 Å². The molecule has 1 atom stereocenters. The van der Waals surface area contributed by atoms with E-state index in [0.717, 1.165) is 17.7 Å². The third-order valence-electron chi connectivity index (χ3n) is 5.92. The molecule has 2 fully saturated rings. The van der Waals surface area contributed by atoms with Gasteiger partial charge < -0.3 is 14.7 Å². The van der Waals surface area contributed by atoms with Gasteiger partial charge in [0.2, 0.25) is 11.8 Å². The number of rotatable bonds is 4. The van der Waals surface area contributed by atoms with Crippen LogP contribution < -0.4 is 9.80 Å². The highest BCUT2D eigenvalue weighted by atomic mass is 19.1. The van der Waals surface area contributed by atoms with Crippen LogP contribution in [-0.2, 0) is 16.0 Å². The number of carbonyl (C=O) groups excluding carboxylic acids is 2. The number of carbonyl (C=O) groups is 2. The number of hydrogen-bond acceptors (Lipinski definition) is 3. The van der Waals surface area contributed by atoms with Crippen molar-refractivity contribution in [1.29, 1.82) is 0 Å². The minimum Gasteiger partial charge on any atom is -0.366 e. The van der Waals surface area contributed by atoms with Crippen LogP contribution in [0.2, 0.25) is 0 Å². The number of aryl methyl sites for hydroxylation is 1. The zero-order valence-electron chi connectivity index (χ0n) is 16.7. The van der Waals surface area contributed by atoms with Crippen molar-refractivity contribution in [3.05, 3.63) is 59.9 Å². The summed E-state index contributed by atoms with van der Waals surface area (Å²) < 4.78 is 14.0. The lowest BCUT2D eigenvalue weighted by atomic mass is 10.1. The molecule has 0 spiro atoms. The smallest absolute Gasteiger partial charge is 0.228 e. The molecule has 2 saturated heterocycles. The highest BCUT2D eigenvalue weighted by Crippen LogP contribution is 2.30. The maximum Gasteiger partial charge on any atom is 0.228 e. The monoisotopic (exact) mass is 395 g/mol. The fourth-order valence-corrected chi connectivity index (χ4v) is 4.31. The summed E-state index contributed by atoms with van der Waals surface area (Å²) in [4.78, 5) is 31.2. The van der Waals surface area contributed by atoms with Gasteiger partial charge in [0.15, 0.2) is 0 Å². The van der Waals surface area contributed by atoms with Crippen molar-refractivity contribution < 1.29 is 14.0 Å². The van der Waals surface area contributed by atoms with Crippen molar-refractivity contribution in [3.8, 4) is 0 Å². The molecule has 0 N–H and O–H groups in total. The van der Waals surface area contributed by atoms with Crippen LogP contribution in [-0.4, -0.2) is 49.4 Å². The number of para-hydroxylation sites is 2. The fraction of sp³-hybridized carbons (Fsp3) is 0.391. The van der Waals surface area contributed by atoms with E-state index in [2.05, 4.69) is 6.92 Å². The van der Waals surface area contributed by atoms with Gasteiger partial charge in [-0.05, 0) is 30.2 Å².